The summed E-state index contributed by atoms with van der Waals surface area (Å²) in [5.41, 5.74) is 0.290. The molecule has 1 aromatic rings. The standard InChI is InChI=1S/C12H20N4/c1-3-12(7-5-8-12)16-10-6-9-14-11(15-10)13-4-2/h6,9H,3-5,7-8H2,1-2H3,(H2,13,14,15,16). The van der Waals surface area contributed by atoms with Crippen LogP contribution in [-0.2, 0) is 0 Å². The van der Waals surface area contributed by atoms with Crippen molar-refractivity contribution in [1.29, 1.82) is 0 Å². The monoisotopic (exact) mass is 220 g/mol. The Morgan fingerprint density at radius 1 is 1.38 bits per heavy atom. The van der Waals surface area contributed by atoms with E-state index in [4.69, 9.17) is 0 Å². The maximum Gasteiger partial charge on any atom is 0.224 e. The maximum atomic E-state index is 4.44. The van der Waals surface area contributed by atoms with Crippen LogP contribution in [0, 0.1) is 0 Å². The molecule has 0 atom stereocenters. The summed E-state index contributed by atoms with van der Waals surface area (Å²) >= 11 is 0. The fraction of sp³-hybridized carbons (Fsp3) is 0.667. The van der Waals surface area contributed by atoms with Gasteiger partial charge < -0.3 is 10.6 Å². The fourth-order valence-electron chi connectivity index (χ4n) is 2.11. The predicted octanol–water partition coefficient (Wildman–Crippen LogP) is 2.65. The smallest absolute Gasteiger partial charge is 0.224 e. The van der Waals surface area contributed by atoms with E-state index in [9.17, 15) is 0 Å². The molecule has 0 spiro atoms. The summed E-state index contributed by atoms with van der Waals surface area (Å²) in [6.45, 7) is 5.13. The van der Waals surface area contributed by atoms with Crippen LogP contribution in [0.3, 0.4) is 0 Å². The molecule has 2 rings (SSSR count). The minimum atomic E-state index is 0.290. The first-order chi connectivity index (χ1) is 7.78. The Morgan fingerprint density at radius 2 is 2.19 bits per heavy atom. The number of anilines is 2. The Morgan fingerprint density at radius 3 is 2.75 bits per heavy atom. The van der Waals surface area contributed by atoms with E-state index in [2.05, 4.69) is 27.5 Å². The predicted molar refractivity (Wildman–Crippen MR) is 66.7 cm³/mol. The number of nitrogens with zero attached hydrogens (tertiary/aromatic N) is 2. The normalized spacial score (nSPS) is 17.6. The second-order valence-corrected chi connectivity index (χ2v) is 4.41. The second kappa shape index (κ2) is 4.68. The molecule has 2 N–H and O–H groups in total. The van der Waals surface area contributed by atoms with Crippen molar-refractivity contribution in [3.05, 3.63) is 12.3 Å². The van der Waals surface area contributed by atoms with Gasteiger partial charge in [0.15, 0.2) is 0 Å². The zero-order chi connectivity index (χ0) is 11.4. The van der Waals surface area contributed by atoms with E-state index >= 15 is 0 Å². The average Bonchev–Trinajstić information content (AvgIpc) is 2.25. The first-order valence-corrected chi connectivity index (χ1v) is 6.13. The molecule has 0 aliphatic heterocycles. The summed E-state index contributed by atoms with van der Waals surface area (Å²) in [7, 11) is 0. The lowest BCUT2D eigenvalue weighted by Gasteiger charge is -2.42. The van der Waals surface area contributed by atoms with Crippen LogP contribution in [0.15, 0.2) is 12.3 Å². The van der Waals surface area contributed by atoms with E-state index in [1.54, 1.807) is 6.20 Å². The lowest BCUT2D eigenvalue weighted by Crippen LogP contribution is -2.44. The first kappa shape index (κ1) is 11.2. The Kier molecular flexibility index (Phi) is 3.27. The molecule has 4 nitrogen and oxygen atoms in total. The largest absolute Gasteiger partial charge is 0.364 e. The van der Waals surface area contributed by atoms with Crippen molar-refractivity contribution < 1.29 is 0 Å². The zero-order valence-electron chi connectivity index (χ0n) is 10.1. The molecule has 88 valence electrons. The summed E-state index contributed by atoms with van der Waals surface area (Å²) in [5.74, 6) is 1.64. The van der Waals surface area contributed by atoms with Crippen molar-refractivity contribution in [3.63, 3.8) is 0 Å². The van der Waals surface area contributed by atoms with Gasteiger partial charge in [0.05, 0.1) is 0 Å². The molecule has 4 heteroatoms. The Bertz CT molecular complexity index is 341. The SMILES string of the molecule is CCNc1nccc(NC2(CC)CCC2)n1. The lowest BCUT2D eigenvalue weighted by molar-refractivity contribution is 0.269. The molecule has 1 heterocycles. The van der Waals surface area contributed by atoms with Crippen LogP contribution in [0.5, 0.6) is 0 Å². The van der Waals surface area contributed by atoms with Crippen LogP contribution in [0.1, 0.15) is 39.5 Å². The van der Waals surface area contributed by atoms with Gasteiger partial charge in [-0.2, -0.15) is 4.98 Å². The van der Waals surface area contributed by atoms with Crippen molar-refractivity contribution in [2.75, 3.05) is 17.2 Å². The zero-order valence-corrected chi connectivity index (χ0v) is 10.1. The van der Waals surface area contributed by atoms with Crippen molar-refractivity contribution in [2.24, 2.45) is 0 Å². The molecule has 0 aromatic carbocycles. The molecule has 0 bridgehead atoms. The van der Waals surface area contributed by atoms with E-state index in [0.29, 0.717) is 5.95 Å². The van der Waals surface area contributed by atoms with Gasteiger partial charge in [-0.05, 0) is 38.7 Å². The van der Waals surface area contributed by atoms with Gasteiger partial charge in [0, 0.05) is 18.3 Å². The molecule has 1 fully saturated rings. The Balaban J connectivity index is 2.05. The Labute approximate surface area is 96.9 Å². The van der Waals surface area contributed by atoms with E-state index in [1.807, 2.05) is 13.0 Å². The third-order valence-corrected chi connectivity index (χ3v) is 3.37. The van der Waals surface area contributed by atoms with Crippen LogP contribution < -0.4 is 10.6 Å². The van der Waals surface area contributed by atoms with Crippen LogP contribution in [0.2, 0.25) is 0 Å². The number of hydrogen-bond donors (Lipinski definition) is 2. The molecular weight excluding hydrogens is 200 g/mol. The third kappa shape index (κ3) is 2.26. The highest BCUT2D eigenvalue weighted by molar-refractivity contribution is 5.42. The number of aromatic nitrogens is 2. The minimum absolute atomic E-state index is 0.290. The van der Waals surface area contributed by atoms with E-state index in [-0.39, 0.29) is 5.54 Å². The number of nitrogens with one attached hydrogen (secondary N) is 2. The third-order valence-electron chi connectivity index (χ3n) is 3.37. The van der Waals surface area contributed by atoms with E-state index in [0.717, 1.165) is 18.8 Å². The fourth-order valence-corrected chi connectivity index (χ4v) is 2.11. The Hall–Kier alpha value is -1.32. The van der Waals surface area contributed by atoms with Crippen LogP contribution >= 0.6 is 0 Å². The molecule has 16 heavy (non-hydrogen) atoms. The second-order valence-electron chi connectivity index (χ2n) is 4.41. The van der Waals surface area contributed by atoms with Crippen molar-refractivity contribution in [3.8, 4) is 0 Å². The summed E-state index contributed by atoms with van der Waals surface area (Å²) in [6.07, 6.45) is 6.79. The van der Waals surface area contributed by atoms with Gasteiger partial charge in [0.2, 0.25) is 5.95 Å². The first-order valence-electron chi connectivity index (χ1n) is 6.13. The van der Waals surface area contributed by atoms with Crippen LogP contribution in [-0.4, -0.2) is 22.1 Å². The van der Waals surface area contributed by atoms with Gasteiger partial charge in [0.25, 0.3) is 0 Å². The quantitative estimate of drug-likeness (QED) is 0.801. The molecular formula is C12H20N4. The summed E-state index contributed by atoms with van der Waals surface area (Å²) in [6, 6.07) is 1.94. The van der Waals surface area contributed by atoms with Gasteiger partial charge >= 0.3 is 0 Å². The number of hydrogen-bond acceptors (Lipinski definition) is 4. The molecule has 1 aromatic heterocycles. The summed E-state index contributed by atoms with van der Waals surface area (Å²) < 4.78 is 0. The summed E-state index contributed by atoms with van der Waals surface area (Å²) in [5, 5.41) is 6.67. The van der Waals surface area contributed by atoms with Gasteiger partial charge in [-0.15, -0.1) is 0 Å². The van der Waals surface area contributed by atoms with Crippen LogP contribution in [0.25, 0.3) is 0 Å². The van der Waals surface area contributed by atoms with Gasteiger partial charge in [-0.25, -0.2) is 4.98 Å². The van der Waals surface area contributed by atoms with Crippen LogP contribution in [0.4, 0.5) is 11.8 Å². The topological polar surface area (TPSA) is 49.8 Å². The van der Waals surface area contributed by atoms with E-state index in [1.165, 1.54) is 19.3 Å². The highest BCUT2D eigenvalue weighted by atomic mass is 15.2. The lowest BCUT2D eigenvalue weighted by atomic mass is 9.75. The van der Waals surface area contributed by atoms with Crippen molar-refractivity contribution in [2.45, 2.75) is 45.1 Å². The molecule has 1 saturated carbocycles. The van der Waals surface area contributed by atoms with Crippen molar-refractivity contribution in [1.82, 2.24) is 9.97 Å². The van der Waals surface area contributed by atoms with Gasteiger partial charge in [-0.1, -0.05) is 6.92 Å². The molecule has 0 radical (unpaired) electrons. The molecule has 0 unspecified atom stereocenters. The molecule has 0 saturated heterocycles. The van der Waals surface area contributed by atoms with Crippen molar-refractivity contribution >= 4 is 11.8 Å². The highest BCUT2D eigenvalue weighted by Gasteiger charge is 2.35. The van der Waals surface area contributed by atoms with Gasteiger partial charge in [-0.3, -0.25) is 0 Å². The summed E-state index contributed by atoms with van der Waals surface area (Å²) in [4.78, 5) is 8.61. The molecule has 1 aliphatic carbocycles. The van der Waals surface area contributed by atoms with E-state index < -0.39 is 0 Å². The maximum absolute atomic E-state index is 4.44. The molecule has 1 aliphatic rings. The highest BCUT2D eigenvalue weighted by Crippen LogP contribution is 2.37. The number of rotatable bonds is 5. The molecule has 0 amide bonds. The minimum Gasteiger partial charge on any atom is -0.364 e. The average molecular weight is 220 g/mol. The van der Waals surface area contributed by atoms with Gasteiger partial charge in [0.1, 0.15) is 5.82 Å².